The summed E-state index contributed by atoms with van der Waals surface area (Å²) in [6.45, 7) is 3.95. The third-order valence-electron chi connectivity index (χ3n) is 3.17. The first kappa shape index (κ1) is 9.33. The van der Waals surface area contributed by atoms with Crippen LogP contribution in [0, 0.1) is 13.8 Å². The summed E-state index contributed by atoms with van der Waals surface area (Å²) in [5, 5.41) is 0. The summed E-state index contributed by atoms with van der Waals surface area (Å²) < 4.78 is 4.09. The van der Waals surface area contributed by atoms with E-state index in [0.29, 0.717) is 0 Å². The molecular formula is C11H13N5. The first-order valence-corrected chi connectivity index (χ1v) is 5.21. The van der Waals surface area contributed by atoms with Crippen LogP contribution in [0.5, 0.6) is 0 Å². The molecule has 0 bridgehead atoms. The lowest BCUT2D eigenvalue weighted by molar-refractivity contribution is 0.878. The van der Waals surface area contributed by atoms with Gasteiger partial charge in [-0.3, -0.25) is 0 Å². The van der Waals surface area contributed by atoms with E-state index in [2.05, 4.69) is 21.0 Å². The molecule has 3 aromatic heterocycles. The lowest BCUT2D eigenvalue weighted by atomic mass is 10.4. The van der Waals surface area contributed by atoms with Crippen molar-refractivity contribution in [3.63, 3.8) is 0 Å². The van der Waals surface area contributed by atoms with Gasteiger partial charge in [-0.2, -0.15) is 0 Å². The fourth-order valence-electron chi connectivity index (χ4n) is 1.94. The molecule has 5 nitrogen and oxygen atoms in total. The molecule has 3 heterocycles. The van der Waals surface area contributed by atoms with Gasteiger partial charge in [-0.05, 0) is 19.9 Å². The summed E-state index contributed by atoms with van der Waals surface area (Å²) in [5.74, 6) is 1.93. The zero-order chi connectivity index (χ0) is 11.4. The second-order valence-electron chi connectivity index (χ2n) is 4.11. The van der Waals surface area contributed by atoms with Crippen LogP contribution in [0.1, 0.15) is 11.6 Å². The lowest BCUT2D eigenvalue weighted by Gasteiger charge is -1.98. The summed E-state index contributed by atoms with van der Waals surface area (Å²) in [7, 11) is 4.00. The monoisotopic (exact) mass is 215 g/mol. The molecule has 0 fully saturated rings. The van der Waals surface area contributed by atoms with E-state index < -0.39 is 0 Å². The van der Waals surface area contributed by atoms with E-state index in [1.165, 1.54) is 0 Å². The van der Waals surface area contributed by atoms with Gasteiger partial charge in [0.05, 0.1) is 11.0 Å². The summed E-state index contributed by atoms with van der Waals surface area (Å²) in [6.07, 6.45) is 0. The van der Waals surface area contributed by atoms with Crippen LogP contribution >= 0.6 is 0 Å². The van der Waals surface area contributed by atoms with E-state index in [1.807, 2.05) is 37.1 Å². The maximum absolute atomic E-state index is 4.48. The average Bonchev–Trinajstić information content (AvgIpc) is 2.66. The van der Waals surface area contributed by atoms with Gasteiger partial charge in [-0.25, -0.2) is 15.0 Å². The van der Waals surface area contributed by atoms with Crippen LogP contribution in [-0.4, -0.2) is 24.1 Å². The first-order valence-electron chi connectivity index (χ1n) is 5.21. The highest BCUT2D eigenvalue weighted by atomic mass is 15.1. The van der Waals surface area contributed by atoms with Gasteiger partial charge in [-0.1, -0.05) is 0 Å². The van der Waals surface area contributed by atoms with Crippen molar-refractivity contribution in [3.05, 3.63) is 17.7 Å². The first-order chi connectivity index (χ1) is 7.58. The number of fused-ring (bicyclic) bond motifs is 2. The van der Waals surface area contributed by atoms with E-state index in [-0.39, 0.29) is 0 Å². The SMILES string of the molecule is Cc1nc2nc3nc(C)n(C)c3cc2n1C. The Morgan fingerprint density at radius 2 is 1.25 bits per heavy atom. The molecule has 0 amide bonds. The van der Waals surface area contributed by atoms with Gasteiger partial charge < -0.3 is 9.13 Å². The molecule has 0 atom stereocenters. The van der Waals surface area contributed by atoms with Gasteiger partial charge in [0, 0.05) is 14.1 Å². The highest BCUT2D eigenvalue weighted by Gasteiger charge is 2.11. The van der Waals surface area contributed by atoms with Gasteiger partial charge in [0.1, 0.15) is 11.6 Å². The number of hydrogen-bond acceptors (Lipinski definition) is 3. The third-order valence-corrected chi connectivity index (χ3v) is 3.17. The number of rotatable bonds is 0. The maximum atomic E-state index is 4.48. The van der Waals surface area contributed by atoms with Crippen molar-refractivity contribution >= 4 is 22.3 Å². The fraction of sp³-hybridized carbons (Fsp3) is 0.364. The third kappa shape index (κ3) is 1.02. The standard InChI is InChI=1S/C11H13N5/c1-6-12-10-8(15(6)3)5-9-11(14-10)13-7(2)16(9)4/h5H,1-4H3. The van der Waals surface area contributed by atoms with Crippen molar-refractivity contribution in [2.75, 3.05) is 0 Å². The second kappa shape index (κ2) is 2.81. The van der Waals surface area contributed by atoms with Crippen LogP contribution in [0.3, 0.4) is 0 Å². The quantitative estimate of drug-likeness (QED) is 0.570. The Labute approximate surface area is 92.8 Å². The molecule has 0 aliphatic heterocycles. The summed E-state index contributed by atoms with van der Waals surface area (Å²) >= 11 is 0. The molecule has 16 heavy (non-hydrogen) atoms. The Morgan fingerprint density at radius 3 is 1.69 bits per heavy atom. The zero-order valence-electron chi connectivity index (χ0n) is 9.81. The molecule has 0 unspecified atom stereocenters. The Morgan fingerprint density at radius 1 is 0.812 bits per heavy atom. The number of imidazole rings is 2. The van der Waals surface area contributed by atoms with Crippen molar-refractivity contribution in [1.29, 1.82) is 0 Å². The van der Waals surface area contributed by atoms with E-state index >= 15 is 0 Å². The highest BCUT2D eigenvalue weighted by Crippen LogP contribution is 2.19. The molecule has 0 aliphatic carbocycles. The van der Waals surface area contributed by atoms with E-state index in [9.17, 15) is 0 Å². The smallest absolute Gasteiger partial charge is 0.180 e. The molecule has 3 rings (SSSR count). The predicted octanol–water partition coefficient (Wildman–Crippen LogP) is 1.47. The minimum Gasteiger partial charge on any atom is -0.330 e. The molecule has 0 radical (unpaired) electrons. The Hall–Kier alpha value is -1.91. The Balaban J connectivity index is 2.53. The number of aromatic nitrogens is 5. The normalized spacial score (nSPS) is 11.8. The largest absolute Gasteiger partial charge is 0.330 e. The van der Waals surface area contributed by atoms with Crippen molar-refractivity contribution in [2.45, 2.75) is 13.8 Å². The topological polar surface area (TPSA) is 48.5 Å². The van der Waals surface area contributed by atoms with Crippen LogP contribution in [0.4, 0.5) is 0 Å². The molecule has 0 saturated heterocycles. The van der Waals surface area contributed by atoms with Crippen molar-refractivity contribution in [1.82, 2.24) is 24.1 Å². The molecule has 82 valence electrons. The van der Waals surface area contributed by atoms with Gasteiger partial charge in [-0.15, -0.1) is 0 Å². The van der Waals surface area contributed by atoms with Gasteiger partial charge in [0.2, 0.25) is 0 Å². The second-order valence-corrected chi connectivity index (χ2v) is 4.11. The van der Waals surface area contributed by atoms with E-state index in [0.717, 1.165) is 34.0 Å². The van der Waals surface area contributed by atoms with E-state index in [1.54, 1.807) is 0 Å². The van der Waals surface area contributed by atoms with Crippen molar-refractivity contribution in [3.8, 4) is 0 Å². The van der Waals surface area contributed by atoms with Crippen molar-refractivity contribution in [2.24, 2.45) is 14.1 Å². The zero-order valence-corrected chi connectivity index (χ0v) is 9.81. The van der Waals surface area contributed by atoms with Crippen molar-refractivity contribution < 1.29 is 0 Å². The van der Waals surface area contributed by atoms with Crippen LogP contribution in [0.25, 0.3) is 22.3 Å². The molecule has 0 saturated carbocycles. The molecule has 0 N–H and O–H groups in total. The number of hydrogen-bond donors (Lipinski definition) is 0. The van der Waals surface area contributed by atoms with Gasteiger partial charge in [0.25, 0.3) is 0 Å². The molecule has 0 aliphatic rings. The summed E-state index contributed by atoms with van der Waals surface area (Å²) in [5.41, 5.74) is 3.64. The van der Waals surface area contributed by atoms with Gasteiger partial charge in [0.15, 0.2) is 11.3 Å². The van der Waals surface area contributed by atoms with Crippen LogP contribution in [0.15, 0.2) is 6.07 Å². The summed E-state index contributed by atoms with van der Waals surface area (Å²) in [6, 6.07) is 2.09. The number of aryl methyl sites for hydroxylation is 4. The number of pyridine rings is 1. The molecular weight excluding hydrogens is 202 g/mol. The molecule has 3 aromatic rings. The average molecular weight is 215 g/mol. The van der Waals surface area contributed by atoms with Crippen LogP contribution in [0.2, 0.25) is 0 Å². The summed E-state index contributed by atoms with van der Waals surface area (Å²) in [4.78, 5) is 13.3. The lowest BCUT2D eigenvalue weighted by Crippen LogP contribution is -1.93. The van der Waals surface area contributed by atoms with Crippen LogP contribution < -0.4 is 0 Å². The number of nitrogens with zero attached hydrogens (tertiary/aromatic N) is 5. The predicted molar refractivity (Wildman–Crippen MR) is 62.3 cm³/mol. The Kier molecular flexibility index (Phi) is 1.64. The van der Waals surface area contributed by atoms with E-state index in [4.69, 9.17) is 0 Å². The minimum absolute atomic E-state index is 0.769. The fourth-order valence-corrected chi connectivity index (χ4v) is 1.94. The molecule has 5 heteroatoms. The maximum Gasteiger partial charge on any atom is 0.180 e. The minimum atomic E-state index is 0.769. The molecule has 0 aromatic carbocycles. The molecule has 0 spiro atoms. The van der Waals surface area contributed by atoms with Gasteiger partial charge >= 0.3 is 0 Å². The van der Waals surface area contributed by atoms with Crippen LogP contribution in [-0.2, 0) is 14.1 Å². The highest BCUT2D eigenvalue weighted by molar-refractivity contribution is 5.86. The Bertz CT molecular complexity index is 646.